The average Bonchev–Trinajstić information content (AvgIpc) is 2.79. The molecule has 1 unspecified atom stereocenters. The van der Waals surface area contributed by atoms with Gasteiger partial charge in [-0.3, -0.25) is 4.79 Å². The quantitative estimate of drug-likeness (QED) is 0.835. The lowest BCUT2D eigenvalue weighted by atomic mass is 10.0. The molecule has 2 aliphatic heterocycles. The highest BCUT2D eigenvalue weighted by Crippen LogP contribution is 2.17. The summed E-state index contributed by atoms with van der Waals surface area (Å²) in [5, 5.41) is 3.01. The molecule has 1 atom stereocenters. The smallest absolute Gasteiger partial charge is 0.317 e. The minimum Gasteiger partial charge on any atom is -0.338 e. The summed E-state index contributed by atoms with van der Waals surface area (Å²) in [7, 11) is 3.98. The Morgan fingerprint density at radius 3 is 2.48 bits per heavy atom. The predicted molar refractivity (Wildman–Crippen MR) is 82.1 cm³/mol. The molecular formula is C15H28N4O2. The number of hydrogen-bond acceptors (Lipinski definition) is 3. The Bertz CT molecular complexity index is 391. The molecule has 2 heterocycles. The molecule has 1 N–H and O–H groups in total. The Morgan fingerprint density at radius 2 is 1.95 bits per heavy atom. The van der Waals surface area contributed by atoms with Gasteiger partial charge >= 0.3 is 6.03 Å². The first-order chi connectivity index (χ1) is 9.88. The number of rotatable bonds is 3. The monoisotopic (exact) mass is 296 g/mol. The fraction of sp³-hybridized carbons (Fsp3) is 0.867. The van der Waals surface area contributed by atoms with Crippen LogP contribution in [0.5, 0.6) is 0 Å². The topological polar surface area (TPSA) is 55.9 Å². The molecular weight excluding hydrogens is 268 g/mol. The number of nitrogens with zero attached hydrogens (tertiary/aromatic N) is 3. The molecule has 0 spiro atoms. The number of piperidine rings is 1. The molecule has 6 heteroatoms. The Hall–Kier alpha value is -1.30. The highest BCUT2D eigenvalue weighted by atomic mass is 16.2. The molecule has 0 aromatic rings. The Kier molecular flexibility index (Phi) is 5.08. The minimum absolute atomic E-state index is 0.0482. The summed E-state index contributed by atoms with van der Waals surface area (Å²) in [6.07, 6.45) is 2.45. The zero-order valence-electron chi connectivity index (χ0n) is 13.6. The standard InChI is InChI=1S/C15H28N4O2/c1-11(2)19-10-12(9-14(19)20)16-15(21)18(4)13-5-7-17(3)8-6-13/h11-13H,5-10H2,1-4H3,(H,16,21). The van der Waals surface area contributed by atoms with Gasteiger partial charge in [0.2, 0.25) is 5.91 Å². The summed E-state index contributed by atoms with van der Waals surface area (Å²) in [6, 6.07) is 0.402. The van der Waals surface area contributed by atoms with Crippen LogP contribution in [-0.2, 0) is 4.79 Å². The van der Waals surface area contributed by atoms with Crippen LogP contribution in [0.3, 0.4) is 0 Å². The Labute approximate surface area is 127 Å². The van der Waals surface area contributed by atoms with Gasteiger partial charge in [-0.15, -0.1) is 0 Å². The van der Waals surface area contributed by atoms with E-state index in [1.807, 2.05) is 30.7 Å². The third kappa shape index (κ3) is 3.87. The summed E-state index contributed by atoms with van der Waals surface area (Å²) in [5.41, 5.74) is 0. The molecule has 2 aliphatic rings. The number of nitrogens with one attached hydrogen (secondary N) is 1. The first-order valence-electron chi connectivity index (χ1n) is 7.89. The highest BCUT2D eigenvalue weighted by Gasteiger charge is 2.33. The summed E-state index contributed by atoms with van der Waals surface area (Å²) in [6.45, 7) is 6.71. The van der Waals surface area contributed by atoms with E-state index in [0.717, 1.165) is 25.9 Å². The number of urea groups is 1. The molecule has 0 aromatic carbocycles. The van der Waals surface area contributed by atoms with Gasteiger partial charge in [0.15, 0.2) is 0 Å². The average molecular weight is 296 g/mol. The Balaban J connectivity index is 1.83. The molecule has 0 bridgehead atoms. The van der Waals surface area contributed by atoms with Crippen molar-refractivity contribution in [2.75, 3.05) is 33.7 Å². The molecule has 0 aliphatic carbocycles. The van der Waals surface area contributed by atoms with Crippen LogP contribution in [-0.4, -0.2) is 78.5 Å². The molecule has 3 amide bonds. The molecule has 120 valence electrons. The molecule has 0 radical (unpaired) electrons. The maximum Gasteiger partial charge on any atom is 0.317 e. The molecule has 0 aromatic heterocycles. The van der Waals surface area contributed by atoms with Gasteiger partial charge in [-0.05, 0) is 46.8 Å². The summed E-state index contributed by atoms with van der Waals surface area (Å²) in [4.78, 5) is 30.1. The van der Waals surface area contributed by atoms with Crippen LogP contribution in [0.4, 0.5) is 4.79 Å². The number of likely N-dealkylation sites (tertiary alicyclic amines) is 2. The summed E-state index contributed by atoms with van der Waals surface area (Å²) >= 11 is 0. The van der Waals surface area contributed by atoms with Crippen LogP contribution in [0, 0.1) is 0 Å². The van der Waals surface area contributed by atoms with E-state index in [1.54, 1.807) is 0 Å². The lowest BCUT2D eigenvalue weighted by molar-refractivity contribution is -0.129. The van der Waals surface area contributed by atoms with E-state index in [2.05, 4.69) is 17.3 Å². The van der Waals surface area contributed by atoms with Gasteiger partial charge in [0.05, 0.1) is 6.04 Å². The number of hydrogen-bond donors (Lipinski definition) is 1. The SMILES string of the molecule is CC(C)N1CC(NC(=O)N(C)C2CCN(C)CC2)CC1=O. The molecule has 21 heavy (non-hydrogen) atoms. The van der Waals surface area contributed by atoms with Crippen molar-refractivity contribution in [3.05, 3.63) is 0 Å². The zero-order valence-corrected chi connectivity index (χ0v) is 13.6. The van der Waals surface area contributed by atoms with Crippen molar-refractivity contribution >= 4 is 11.9 Å². The van der Waals surface area contributed by atoms with E-state index in [9.17, 15) is 9.59 Å². The second-order valence-electron chi connectivity index (χ2n) is 6.64. The first kappa shape index (κ1) is 16.1. The van der Waals surface area contributed by atoms with Crippen molar-refractivity contribution in [2.45, 2.75) is 51.2 Å². The minimum atomic E-state index is -0.0545. The normalized spacial score (nSPS) is 24.7. The van der Waals surface area contributed by atoms with E-state index >= 15 is 0 Å². The van der Waals surface area contributed by atoms with Crippen LogP contribution in [0.2, 0.25) is 0 Å². The maximum absolute atomic E-state index is 12.3. The van der Waals surface area contributed by atoms with Gasteiger partial charge < -0.3 is 20.0 Å². The van der Waals surface area contributed by atoms with Crippen LogP contribution in [0.25, 0.3) is 0 Å². The summed E-state index contributed by atoms with van der Waals surface area (Å²) in [5.74, 6) is 0.136. The highest BCUT2D eigenvalue weighted by molar-refractivity contribution is 5.82. The number of carbonyl (C=O) groups excluding carboxylic acids is 2. The van der Waals surface area contributed by atoms with E-state index in [0.29, 0.717) is 19.0 Å². The van der Waals surface area contributed by atoms with Gasteiger partial charge in [0.25, 0.3) is 0 Å². The van der Waals surface area contributed by atoms with E-state index in [4.69, 9.17) is 0 Å². The van der Waals surface area contributed by atoms with Gasteiger partial charge in [0, 0.05) is 32.1 Å². The Morgan fingerprint density at radius 1 is 1.33 bits per heavy atom. The fourth-order valence-corrected chi connectivity index (χ4v) is 3.15. The van der Waals surface area contributed by atoms with Crippen LogP contribution in [0.15, 0.2) is 0 Å². The fourth-order valence-electron chi connectivity index (χ4n) is 3.15. The molecule has 2 fully saturated rings. The lowest BCUT2D eigenvalue weighted by Crippen LogP contribution is -2.51. The zero-order chi connectivity index (χ0) is 15.6. The van der Waals surface area contributed by atoms with Crippen LogP contribution >= 0.6 is 0 Å². The van der Waals surface area contributed by atoms with Gasteiger partial charge in [-0.1, -0.05) is 0 Å². The van der Waals surface area contributed by atoms with Crippen molar-refractivity contribution in [2.24, 2.45) is 0 Å². The van der Waals surface area contributed by atoms with Gasteiger partial charge in [-0.2, -0.15) is 0 Å². The maximum atomic E-state index is 12.3. The van der Waals surface area contributed by atoms with Gasteiger partial charge in [-0.25, -0.2) is 4.79 Å². The van der Waals surface area contributed by atoms with Crippen LogP contribution in [0.1, 0.15) is 33.1 Å². The predicted octanol–water partition coefficient (Wildman–Crippen LogP) is 0.731. The van der Waals surface area contributed by atoms with Crippen molar-refractivity contribution < 1.29 is 9.59 Å². The lowest BCUT2D eigenvalue weighted by Gasteiger charge is -2.35. The number of amides is 3. The van der Waals surface area contributed by atoms with Crippen LogP contribution < -0.4 is 5.32 Å². The van der Waals surface area contributed by atoms with Crippen molar-refractivity contribution in [1.29, 1.82) is 0 Å². The first-order valence-corrected chi connectivity index (χ1v) is 7.89. The van der Waals surface area contributed by atoms with E-state index in [1.165, 1.54) is 0 Å². The molecule has 0 saturated carbocycles. The number of carbonyl (C=O) groups is 2. The summed E-state index contributed by atoms with van der Waals surface area (Å²) < 4.78 is 0. The van der Waals surface area contributed by atoms with Crippen molar-refractivity contribution in [1.82, 2.24) is 20.0 Å². The molecule has 6 nitrogen and oxygen atoms in total. The van der Waals surface area contributed by atoms with Gasteiger partial charge in [0.1, 0.15) is 0 Å². The van der Waals surface area contributed by atoms with Crippen molar-refractivity contribution in [3.63, 3.8) is 0 Å². The van der Waals surface area contributed by atoms with E-state index in [-0.39, 0.29) is 24.0 Å². The van der Waals surface area contributed by atoms with Crippen molar-refractivity contribution in [3.8, 4) is 0 Å². The molecule has 2 rings (SSSR count). The third-order valence-corrected chi connectivity index (χ3v) is 4.67. The second kappa shape index (κ2) is 6.64. The largest absolute Gasteiger partial charge is 0.338 e. The third-order valence-electron chi connectivity index (χ3n) is 4.67. The molecule has 2 saturated heterocycles. The second-order valence-corrected chi connectivity index (χ2v) is 6.64. The van der Waals surface area contributed by atoms with E-state index < -0.39 is 0 Å².